The van der Waals surface area contributed by atoms with Crippen molar-refractivity contribution in [1.29, 1.82) is 5.26 Å². The molecule has 1 aliphatic carbocycles. The van der Waals surface area contributed by atoms with Gasteiger partial charge in [0.2, 0.25) is 0 Å². The largest absolute Gasteiger partial charge is 0.198 e. The van der Waals surface area contributed by atoms with Crippen LogP contribution in [0.15, 0.2) is 0 Å². The zero-order valence-corrected chi connectivity index (χ0v) is 12.5. The zero-order chi connectivity index (χ0) is 13.3. The number of nitriles is 1. The molecule has 0 aliphatic heterocycles. The Morgan fingerprint density at radius 1 is 1.06 bits per heavy atom. The summed E-state index contributed by atoms with van der Waals surface area (Å²) in [6.45, 7) is 4.53. The van der Waals surface area contributed by atoms with Crippen molar-refractivity contribution in [1.82, 2.24) is 0 Å². The Morgan fingerprint density at radius 2 is 1.72 bits per heavy atom. The molecule has 1 nitrogen and oxygen atoms in total. The van der Waals surface area contributed by atoms with Crippen LogP contribution in [0.5, 0.6) is 0 Å². The van der Waals surface area contributed by atoms with Crippen LogP contribution in [0, 0.1) is 22.7 Å². The molecule has 0 amide bonds. The predicted octanol–water partition coefficient (Wildman–Crippen LogP) is 5.85. The van der Waals surface area contributed by atoms with Gasteiger partial charge < -0.3 is 0 Å². The molecular formula is C17H31N. The summed E-state index contributed by atoms with van der Waals surface area (Å²) in [6.07, 6.45) is 15.6. The number of hydrogen-bond donors (Lipinski definition) is 0. The lowest BCUT2D eigenvalue weighted by atomic mass is 9.81. The average molecular weight is 249 g/mol. The van der Waals surface area contributed by atoms with Crippen LogP contribution in [0.25, 0.3) is 0 Å². The van der Waals surface area contributed by atoms with Gasteiger partial charge in [0.05, 0.1) is 11.5 Å². The number of hydrogen-bond acceptors (Lipinski definition) is 1. The van der Waals surface area contributed by atoms with Crippen LogP contribution in [0.3, 0.4) is 0 Å². The van der Waals surface area contributed by atoms with Crippen LogP contribution in [-0.4, -0.2) is 0 Å². The molecule has 0 bridgehead atoms. The van der Waals surface area contributed by atoms with Gasteiger partial charge in [-0.2, -0.15) is 5.26 Å². The molecule has 1 heteroatoms. The van der Waals surface area contributed by atoms with Crippen LogP contribution in [0.4, 0.5) is 0 Å². The maximum absolute atomic E-state index is 9.45. The van der Waals surface area contributed by atoms with Crippen LogP contribution in [0.1, 0.15) is 90.9 Å². The minimum Gasteiger partial charge on any atom is -0.198 e. The third kappa shape index (κ3) is 5.01. The first-order chi connectivity index (χ1) is 8.76. The fourth-order valence-electron chi connectivity index (χ4n) is 3.39. The van der Waals surface area contributed by atoms with Crippen molar-refractivity contribution in [2.75, 3.05) is 0 Å². The van der Waals surface area contributed by atoms with Gasteiger partial charge in [-0.3, -0.25) is 0 Å². The third-order valence-electron chi connectivity index (χ3n) is 4.78. The van der Waals surface area contributed by atoms with E-state index >= 15 is 0 Å². The Balaban J connectivity index is 2.12. The fraction of sp³-hybridized carbons (Fsp3) is 0.941. The molecule has 1 saturated carbocycles. The van der Waals surface area contributed by atoms with Gasteiger partial charge in [0, 0.05) is 0 Å². The van der Waals surface area contributed by atoms with Crippen molar-refractivity contribution < 1.29 is 0 Å². The molecule has 0 heterocycles. The highest BCUT2D eigenvalue weighted by Crippen LogP contribution is 2.46. The highest BCUT2D eigenvalue weighted by molar-refractivity contribution is 5.03. The van der Waals surface area contributed by atoms with E-state index in [-0.39, 0.29) is 5.41 Å². The summed E-state index contributed by atoms with van der Waals surface area (Å²) >= 11 is 0. The molecule has 0 aromatic heterocycles. The lowest BCUT2D eigenvalue weighted by molar-refractivity contribution is 0.338. The normalized spacial score (nSPS) is 27.3. The Bertz CT molecular complexity index is 253. The second-order valence-corrected chi connectivity index (χ2v) is 6.28. The van der Waals surface area contributed by atoms with E-state index in [1.165, 1.54) is 64.2 Å². The highest BCUT2D eigenvalue weighted by atomic mass is 14.4. The molecule has 1 fully saturated rings. The molecule has 2 unspecified atom stereocenters. The van der Waals surface area contributed by atoms with Crippen LogP contribution in [0.2, 0.25) is 0 Å². The van der Waals surface area contributed by atoms with Crippen LogP contribution >= 0.6 is 0 Å². The molecule has 1 rings (SSSR count). The number of unbranched alkanes of at least 4 members (excludes halogenated alkanes) is 6. The third-order valence-corrected chi connectivity index (χ3v) is 4.78. The standard InChI is InChI=1S/C17H31N/c1-3-5-6-7-8-9-10-12-17(15-18)13-11-16(4-2)14-17/h16H,3-14H2,1-2H3. The van der Waals surface area contributed by atoms with E-state index in [9.17, 15) is 5.26 Å². The van der Waals surface area contributed by atoms with E-state index in [4.69, 9.17) is 0 Å². The fourth-order valence-corrected chi connectivity index (χ4v) is 3.39. The lowest BCUT2D eigenvalue weighted by Crippen LogP contribution is -2.14. The Labute approximate surface area is 114 Å². The molecule has 104 valence electrons. The minimum atomic E-state index is 0.0596. The van der Waals surface area contributed by atoms with Gasteiger partial charge in [-0.1, -0.05) is 65.2 Å². The summed E-state index contributed by atoms with van der Waals surface area (Å²) in [5.41, 5.74) is 0.0596. The van der Waals surface area contributed by atoms with E-state index in [0.717, 1.165) is 18.8 Å². The minimum absolute atomic E-state index is 0.0596. The molecule has 0 radical (unpaired) electrons. The first-order valence-corrected chi connectivity index (χ1v) is 8.17. The molecule has 0 spiro atoms. The van der Waals surface area contributed by atoms with Crippen molar-refractivity contribution in [3.05, 3.63) is 0 Å². The molecule has 0 N–H and O–H groups in total. The van der Waals surface area contributed by atoms with Crippen molar-refractivity contribution in [2.24, 2.45) is 11.3 Å². The van der Waals surface area contributed by atoms with E-state index in [0.29, 0.717) is 0 Å². The predicted molar refractivity (Wildman–Crippen MR) is 78.3 cm³/mol. The Hall–Kier alpha value is -0.510. The van der Waals surface area contributed by atoms with Crippen LogP contribution < -0.4 is 0 Å². The molecule has 0 saturated heterocycles. The van der Waals surface area contributed by atoms with E-state index in [1.807, 2.05) is 0 Å². The summed E-state index contributed by atoms with van der Waals surface area (Å²) in [5.74, 6) is 0.828. The molecule has 0 aromatic carbocycles. The van der Waals surface area contributed by atoms with E-state index < -0.39 is 0 Å². The average Bonchev–Trinajstić information content (AvgIpc) is 2.82. The summed E-state index contributed by atoms with van der Waals surface area (Å²) in [4.78, 5) is 0. The lowest BCUT2D eigenvalue weighted by Gasteiger charge is -2.20. The molecule has 18 heavy (non-hydrogen) atoms. The summed E-state index contributed by atoms with van der Waals surface area (Å²) < 4.78 is 0. The molecule has 2 atom stereocenters. The van der Waals surface area contributed by atoms with Crippen LogP contribution in [-0.2, 0) is 0 Å². The summed E-state index contributed by atoms with van der Waals surface area (Å²) in [5, 5.41) is 9.45. The van der Waals surface area contributed by atoms with Crippen molar-refractivity contribution >= 4 is 0 Å². The monoisotopic (exact) mass is 249 g/mol. The van der Waals surface area contributed by atoms with Gasteiger partial charge in [0.15, 0.2) is 0 Å². The number of rotatable bonds is 9. The summed E-state index contributed by atoms with van der Waals surface area (Å²) in [6, 6.07) is 2.65. The first kappa shape index (κ1) is 15.5. The Kier molecular flexibility index (Phi) is 7.40. The maximum atomic E-state index is 9.45. The molecule has 1 aliphatic rings. The number of nitrogens with zero attached hydrogens (tertiary/aromatic N) is 1. The van der Waals surface area contributed by atoms with Gasteiger partial charge in [-0.05, 0) is 31.6 Å². The molecule has 0 aromatic rings. The van der Waals surface area contributed by atoms with E-state index in [1.54, 1.807) is 0 Å². The first-order valence-electron chi connectivity index (χ1n) is 8.17. The highest BCUT2D eigenvalue weighted by Gasteiger charge is 2.37. The van der Waals surface area contributed by atoms with Gasteiger partial charge in [0.25, 0.3) is 0 Å². The smallest absolute Gasteiger partial charge is 0.0689 e. The maximum Gasteiger partial charge on any atom is 0.0689 e. The van der Waals surface area contributed by atoms with Crippen molar-refractivity contribution in [2.45, 2.75) is 90.9 Å². The topological polar surface area (TPSA) is 23.8 Å². The van der Waals surface area contributed by atoms with Gasteiger partial charge in [-0.15, -0.1) is 0 Å². The summed E-state index contributed by atoms with van der Waals surface area (Å²) in [7, 11) is 0. The van der Waals surface area contributed by atoms with E-state index in [2.05, 4.69) is 19.9 Å². The van der Waals surface area contributed by atoms with Crippen molar-refractivity contribution in [3.8, 4) is 6.07 Å². The quantitative estimate of drug-likeness (QED) is 0.470. The van der Waals surface area contributed by atoms with Gasteiger partial charge in [-0.25, -0.2) is 0 Å². The van der Waals surface area contributed by atoms with Gasteiger partial charge >= 0.3 is 0 Å². The second-order valence-electron chi connectivity index (χ2n) is 6.28. The van der Waals surface area contributed by atoms with Gasteiger partial charge in [0.1, 0.15) is 0 Å². The van der Waals surface area contributed by atoms with Crippen molar-refractivity contribution in [3.63, 3.8) is 0 Å². The second kappa shape index (κ2) is 8.57. The SMILES string of the molecule is CCCCCCCCCC1(C#N)CCC(CC)C1. The Morgan fingerprint density at radius 3 is 2.28 bits per heavy atom. The molecular weight excluding hydrogens is 218 g/mol. The zero-order valence-electron chi connectivity index (χ0n) is 12.5.